The van der Waals surface area contributed by atoms with Crippen molar-refractivity contribution in [2.75, 3.05) is 6.54 Å². The van der Waals surface area contributed by atoms with Crippen LogP contribution in [-0.4, -0.2) is 12.3 Å². The molecule has 0 aliphatic heterocycles. The first-order valence-electron chi connectivity index (χ1n) is 8.08. The van der Waals surface area contributed by atoms with Crippen molar-refractivity contribution in [1.82, 2.24) is 0 Å². The largest absolute Gasteiger partial charge is 0.283 e. The van der Waals surface area contributed by atoms with Crippen LogP contribution in [0.15, 0.2) is 77.9 Å². The Kier molecular flexibility index (Phi) is 7.90. The van der Waals surface area contributed by atoms with Crippen molar-refractivity contribution < 1.29 is 0 Å². The van der Waals surface area contributed by atoms with Gasteiger partial charge in [-0.05, 0) is 43.2 Å². The molecule has 1 aromatic carbocycles. The van der Waals surface area contributed by atoms with Gasteiger partial charge in [0, 0.05) is 31.9 Å². The molecule has 0 aliphatic rings. The summed E-state index contributed by atoms with van der Waals surface area (Å²) in [5.41, 5.74) is 5.57. The van der Waals surface area contributed by atoms with Crippen molar-refractivity contribution in [1.29, 1.82) is 0 Å². The summed E-state index contributed by atoms with van der Waals surface area (Å²) >= 11 is 0. The minimum atomic E-state index is 0.298. The van der Waals surface area contributed by atoms with Gasteiger partial charge in [-0.25, -0.2) is 0 Å². The Balaban J connectivity index is 2.87. The third kappa shape index (κ3) is 5.78. The molecular weight excluding hydrogens is 278 g/mol. The van der Waals surface area contributed by atoms with Gasteiger partial charge in [0.05, 0.1) is 17.3 Å². The molecule has 23 heavy (non-hydrogen) atoms. The predicted molar refractivity (Wildman–Crippen MR) is 104 cm³/mol. The second kappa shape index (κ2) is 9.68. The lowest BCUT2D eigenvalue weighted by molar-refractivity contribution is 0.705. The van der Waals surface area contributed by atoms with Crippen LogP contribution in [0.25, 0.3) is 0 Å². The average Bonchev–Trinajstić information content (AvgIpc) is 2.59. The van der Waals surface area contributed by atoms with E-state index in [1.165, 1.54) is 11.1 Å². The predicted octanol–water partition coefficient (Wildman–Crippen LogP) is 5.95. The fraction of sp³-hybridized carbons (Fsp3) is 0.273. The number of nitrogens with zero attached hydrogens (tertiary/aromatic N) is 1. The van der Waals surface area contributed by atoms with E-state index in [-0.39, 0.29) is 0 Å². The normalized spacial score (nSPS) is 13.9. The van der Waals surface area contributed by atoms with Crippen LogP contribution in [0.5, 0.6) is 0 Å². The number of benzene rings is 1. The Morgan fingerprint density at radius 3 is 2.74 bits per heavy atom. The highest BCUT2D eigenvalue weighted by Crippen LogP contribution is 2.18. The summed E-state index contributed by atoms with van der Waals surface area (Å²) in [6.07, 6.45) is 10.1. The standard InChI is InChI=1S/C22H28N/c1-7-10-12-17(4)19(6)18(5)16-23-22(9-3)21-14-11-13-20(8-2)15-21/h7-15,18H,3,6,16H2,1-2,4-5H3/q+1/b10-7-,17-12-,23-22?. The Morgan fingerprint density at radius 2 is 2.13 bits per heavy atom. The van der Waals surface area contributed by atoms with Crippen LogP contribution in [0.1, 0.15) is 38.8 Å². The third-order valence-corrected chi connectivity index (χ3v) is 3.88. The van der Waals surface area contributed by atoms with E-state index < -0.39 is 0 Å². The van der Waals surface area contributed by atoms with Gasteiger partial charge in [0.15, 0.2) is 0 Å². The van der Waals surface area contributed by atoms with Crippen LogP contribution >= 0.6 is 0 Å². The number of rotatable bonds is 8. The lowest BCUT2D eigenvalue weighted by Crippen LogP contribution is -2.07. The number of allylic oxidation sites excluding steroid dienone is 5. The van der Waals surface area contributed by atoms with Gasteiger partial charge in [0.25, 0.3) is 0 Å². The molecule has 0 aliphatic carbocycles. The molecule has 0 spiro atoms. The summed E-state index contributed by atoms with van der Waals surface area (Å²) in [7, 11) is 0. The summed E-state index contributed by atoms with van der Waals surface area (Å²) in [4.78, 5) is 4.75. The molecule has 0 saturated carbocycles. The van der Waals surface area contributed by atoms with E-state index in [0.717, 1.165) is 16.8 Å². The molecule has 120 valence electrons. The van der Waals surface area contributed by atoms with Crippen molar-refractivity contribution in [3.8, 4) is 0 Å². The van der Waals surface area contributed by atoms with Crippen LogP contribution in [-0.2, 0) is 0 Å². The van der Waals surface area contributed by atoms with Crippen LogP contribution in [0.3, 0.4) is 0 Å². The van der Waals surface area contributed by atoms with E-state index >= 15 is 0 Å². The molecule has 1 heteroatoms. The average molecular weight is 306 g/mol. The maximum absolute atomic E-state index is 4.75. The van der Waals surface area contributed by atoms with Gasteiger partial charge in [0.2, 0.25) is 0 Å². The van der Waals surface area contributed by atoms with Gasteiger partial charge in [0.1, 0.15) is 5.56 Å². The molecule has 0 amide bonds. The molecule has 0 heterocycles. The molecule has 1 aromatic rings. The lowest BCUT2D eigenvalue weighted by atomic mass is 9.96. The van der Waals surface area contributed by atoms with E-state index in [1.54, 1.807) is 0 Å². The highest BCUT2D eigenvalue weighted by atomic mass is 14.7. The van der Waals surface area contributed by atoms with Gasteiger partial charge in [-0.15, -0.1) is 0 Å². The Labute approximate surface area is 141 Å². The fourth-order valence-electron chi connectivity index (χ4n) is 2.23. The van der Waals surface area contributed by atoms with Gasteiger partial charge < -0.3 is 0 Å². The van der Waals surface area contributed by atoms with Crippen LogP contribution in [0.4, 0.5) is 0 Å². The maximum atomic E-state index is 4.75. The molecule has 0 bridgehead atoms. The zero-order valence-corrected chi connectivity index (χ0v) is 14.8. The molecular formula is C22H28N+. The van der Waals surface area contributed by atoms with Gasteiger partial charge >= 0.3 is 0 Å². The zero-order valence-electron chi connectivity index (χ0n) is 14.8. The molecule has 0 aromatic heterocycles. The smallest absolute Gasteiger partial charge is 0.130 e. The molecule has 1 nitrogen and oxygen atoms in total. The first-order chi connectivity index (χ1) is 11.0. The van der Waals surface area contributed by atoms with Crippen molar-refractivity contribution in [2.24, 2.45) is 10.9 Å². The van der Waals surface area contributed by atoms with E-state index in [1.807, 2.05) is 32.1 Å². The summed E-state index contributed by atoms with van der Waals surface area (Å²) in [6.45, 7) is 17.1. The van der Waals surface area contributed by atoms with E-state index in [2.05, 4.69) is 63.8 Å². The summed E-state index contributed by atoms with van der Waals surface area (Å²) < 4.78 is 0. The van der Waals surface area contributed by atoms with Crippen molar-refractivity contribution in [3.05, 3.63) is 90.4 Å². The molecule has 1 unspecified atom stereocenters. The zero-order chi connectivity index (χ0) is 17.2. The van der Waals surface area contributed by atoms with Crippen molar-refractivity contribution >= 4 is 5.71 Å². The fourth-order valence-corrected chi connectivity index (χ4v) is 2.23. The Morgan fingerprint density at radius 1 is 1.39 bits per heavy atom. The summed E-state index contributed by atoms with van der Waals surface area (Å²) in [5.74, 6) is 0.298. The van der Waals surface area contributed by atoms with E-state index in [0.29, 0.717) is 12.5 Å². The molecule has 1 atom stereocenters. The highest BCUT2D eigenvalue weighted by molar-refractivity contribution is 6.08. The second-order valence-corrected chi connectivity index (χ2v) is 5.65. The van der Waals surface area contributed by atoms with Gasteiger partial charge in [-0.1, -0.05) is 38.3 Å². The minimum absolute atomic E-state index is 0.298. The second-order valence-electron chi connectivity index (χ2n) is 5.65. The topological polar surface area (TPSA) is 12.4 Å². The SMILES string of the molecule is C=CC(=NCC(C)C(=C)/C(C)=C\C=C/C)c1cccc([CH+]C)c1. The molecule has 0 N–H and O–H groups in total. The van der Waals surface area contributed by atoms with E-state index in [9.17, 15) is 0 Å². The first kappa shape index (κ1) is 18.8. The van der Waals surface area contributed by atoms with Gasteiger partial charge in [-0.3, -0.25) is 4.99 Å². The quantitative estimate of drug-likeness (QED) is 0.320. The van der Waals surface area contributed by atoms with Crippen LogP contribution in [0.2, 0.25) is 0 Å². The number of hydrogen-bond acceptors (Lipinski definition) is 1. The molecule has 0 saturated heterocycles. The Hall–Kier alpha value is -2.28. The third-order valence-electron chi connectivity index (χ3n) is 3.88. The molecule has 0 radical (unpaired) electrons. The monoisotopic (exact) mass is 306 g/mol. The summed E-state index contributed by atoms with van der Waals surface area (Å²) in [6, 6.07) is 8.35. The molecule has 0 fully saturated rings. The van der Waals surface area contributed by atoms with Gasteiger partial charge in [-0.2, -0.15) is 0 Å². The van der Waals surface area contributed by atoms with E-state index in [4.69, 9.17) is 4.99 Å². The minimum Gasteiger partial charge on any atom is -0.283 e. The van der Waals surface area contributed by atoms with Crippen LogP contribution in [0, 0.1) is 12.3 Å². The maximum Gasteiger partial charge on any atom is 0.130 e. The van der Waals surface area contributed by atoms with Crippen LogP contribution < -0.4 is 0 Å². The molecule has 1 rings (SSSR count). The highest BCUT2D eigenvalue weighted by Gasteiger charge is 2.10. The van der Waals surface area contributed by atoms with Crippen molar-refractivity contribution in [2.45, 2.75) is 27.7 Å². The number of hydrogen-bond donors (Lipinski definition) is 0. The first-order valence-corrected chi connectivity index (χ1v) is 8.08. The number of aliphatic imine (C=N–C) groups is 1. The Bertz CT molecular complexity index is 629. The lowest BCUT2D eigenvalue weighted by Gasteiger charge is -2.13. The van der Waals surface area contributed by atoms with Crippen molar-refractivity contribution in [3.63, 3.8) is 0 Å². The summed E-state index contributed by atoms with van der Waals surface area (Å²) in [5, 5.41) is 0.